The quantitative estimate of drug-likeness (QED) is 0.107. The Hall–Kier alpha value is -5.39. The molecule has 0 bridgehead atoms. The van der Waals surface area contributed by atoms with E-state index in [0.29, 0.717) is 25.1 Å². The van der Waals surface area contributed by atoms with E-state index in [1.54, 1.807) is 4.90 Å². The molecule has 0 saturated heterocycles. The Morgan fingerprint density at radius 1 is 0.925 bits per heavy atom. The van der Waals surface area contributed by atoms with E-state index in [1.807, 2.05) is 119 Å². The van der Waals surface area contributed by atoms with E-state index in [1.165, 1.54) is 0 Å². The van der Waals surface area contributed by atoms with Gasteiger partial charge in [-0.25, -0.2) is 0 Å². The highest BCUT2D eigenvalue weighted by molar-refractivity contribution is 5.90. The van der Waals surface area contributed by atoms with Crippen molar-refractivity contribution in [2.75, 3.05) is 19.8 Å². The van der Waals surface area contributed by atoms with Crippen molar-refractivity contribution in [3.05, 3.63) is 125 Å². The van der Waals surface area contributed by atoms with Gasteiger partial charge in [-0.1, -0.05) is 78.9 Å². The standard InChI is InChI=1S/C45H49N3O5/c1-7-51-30(2)26-48(28-32-13-12-18-36-34(25-46)27-47(6)43(32)36)44(50)33(23-31-19-21-35(22-20-31)53-45(3,4)5)24-42(49)52-29-41-39-16-10-8-14-37(39)38-15-9-11-17-40(38)41/h8-22,27,30,33,41H,7,23-24,26,28-29H2,1-6H3/t30?,33-/m1/s1. The molecule has 8 nitrogen and oxygen atoms in total. The van der Waals surface area contributed by atoms with Crippen molar-refractivity contribution in [2.45, 2.75) is 71.6 Å². The molecule has 53 heavy (non-hydrogen) atoms. The van der Waals surface area contributed by atoms with E-state index in [0.717, 1.165) is 50.0 Å². The van der Waals surface area contributed by atoms with Gasteiger partial charge in [-0.15, -0.1) is 0 Å². The number of esters is 1. The monoisotopic (exact) mass is 711 g/mol. The summed E-state index contributed by atoms with van der Waals surface area (Å²) >= 11 is 0. The maximum atomic E-state index is 14.8. The number of aryl methyl sites for hydroxylation is 1. The van der Waals surface area contributed by atoms with Gasteiger partial charge in [0.15, 0.2) is 0 Å². The smallest absolute Gasteiger partial charge is 0.306 e. The van der Waals surface area contributed by atoms with Crippen LogP contribution >= 0.6 is 0 Å². The highest BCUT2D eigenvalue weighted by Crippen LogP contribution is 2.44. The molecule has 4 aromatic carbocycles. The summed E-state index contributed by atoms with van der Waals surface area (Å²) in [5.74, 6) is -0.620. The number of rotatable bonds is 14. The van der Waals surface area contributed by atoms with E-state index in [2.05, 4.69) is 30.3 Å². The summed E-state index contributed by atoms with van der Waals surface area (Å²) in [5.41, 5.74) is 7.54. The topological polar surface area (TPSA) is 93.8 Å². The third kappa shape index (κ3) is 8.64. The molecule has 1 aromatic heterocycles. The second kappa shape index (κ2) is 16.1. The molecule has 1 unspecified atom stereocenters. The summed E-state index contributed by atoms with van der Waals surface area (Å²) in [6.45, 7) is 11.2. The molecule has 1 aliphatic carbocycles. The lowest BCUT2D eigenvalue weighted by atomic mass is 9.93. The Bertz CT molecular complexity index is 2080. The van der Waals surface area contributed by atoms with Gasteiger partial charge in [0.05, 0.1) is 29.5 Å². The Kier molecular flexibility index (Phi) is 11.4. The summed E-state index contributed by atoms with van der Waals surface area (Å²) in [7, 11) is 1.91. The minimum atomic E-state index is -0.698. The van der Waals surface area contributed by atoms with Crippen LogP contribution in [-0.2, 0) is 39.1 Å². The van der Waals surface area contributed by atoms with Crippen LogP contribution in [-0.4, -0.2) is 52.8 Å². The van der Waals surface area contributed by atoms with Gasteiger partial charge in [-0.05, 0) is 86.6 Å². The Labute approximate surface area is 312 Å². The molecule has 0 radical (unpaired) electrons. The lowest BCUT2D eigenvalue weighted by Gasteiger charge is -2.30. The second-order valence-corrected chi connectivity index (χ2v) is 14.9. The third-order valence-electron chi connectivity index (χ3n) is 9.77. The number of ether oxygens (including phenoxy) is 3. The number of aromatic nitrogens is 1. The van der Waals surface area contributed by atoms with Crippen molar-refractivity contribution in [1.82, 2.24) is 9.47 Å². The molecular formula is C45H49N3O5. The Morgan fingerprint density at radius 2 is 1.58 bits per heavy atom. The van der Waals surface area contributed by atoms with Gasteiger partial charge in [-0.3, -0.25) is 9.59 Å². The zero-order valence-corrected chi connectivity index (χ0v) is 31.6. The molecule has 5 aromatic rings. The van der Waals surface area contributed by atoms with Crippen molar-refractivity contribution >= 4 is 22.8 Å². The fourth-order valence-corrected chi connectivity index (χ4v) is 7.57. The number of benzene rings is 4. The number of para-hydroxylation sites is 1. The summed E-state index contributed by atoms with van der Waals surface area (Å²) < 4.78 is 20.0. The van der Waals surface area contributed by atoms with Crippen molar-refractivity contribution < 1.29 is 23.8 Å². The van der Waals surface area contributed by atoms with Crippen LogP contribution in [0.4, 0.5) is 0 Å². The number of nitrogens with zero attached hydrogens (tertiary/aromatic N) is 3. The third-order valence-corrected chi connectivity index (χ3v) is 9.77. The number of carbonyl (C=O) groups excluding carboxylic acids is 2. The second-order valence-electron chi connectivity index (χ2n) is 14.9. The van der Waals surface area contributed by atoms with Gasteiger partial charge in [0, 0.05) is 44.2 Å². The first-order chi connectivity index (χ1) is 25.5. The summed E-state index contributed by atoms with van der Waals surface area (Å²) in [6, 6.07) is 32.4. The van der Waals surface area contributed by atoms with E-state index in [-0.39, 0.29) is 43.1 Å². The molecule has 1 aliphatic rings. The molecule has 6 rings (SSSR count). The Morgan fingerprint density at radius 3 is 2.21 bits per heavy atom. The number of carbonyl (C=O) groups is 2. The largest absolute Gasteiger partial charge is 0.488 e. The number of nitriles is 1. The highest BCUT2D eigenvalue weighted by Gasteiger charge is 2.32. The maximum Gasteiger partial charge on any atom is 0.306 e. The number of fused-ring (bicyclic) bond motifs is 4. The van der Waals surface area contributed by atoms with Gasteiger partial charge in [-0.2, -0.15) is 5.26 Å². The van der Waals surface area contributed by atoms with E-state index in [9.17, 15) is 14.9 Å². The zero-order chi connectivity index (χ0) is 37.7. The van der Waals surface area contributed by atoms with Crippen LogP contribution in [0.3, 0.4) is 0 Å². The molecule has 0 spiro atoms. The van der Waals surface area contributed by atoms with Gasteiger partial charge >= 0.3 is 5.97 Å². The SMILES string of the molecule is CCOC(C)CN(Cc1cccc2c(C#N)cn(C)c12)C(=O)[C@@H](CC(=O)OCC1c2ccccc2-c2ccccc21)Cc1ccc(OC(C)(C)C)cc1. The van der Waals surface area contributed by atoms with Crippen LogP contribution in [0.1, 0.15) is 74.8 Å². The minimum Gasteiger partial charge on any atom is -0.488 e. The summed E-state index contributed by atoms with van der Waals surface area (Å²) in [6.07, 6.45) is 1.83. The van der Waals surface area contributed by atoms with Gasteiger partial charge in [0.1, 0.15) is 24.0 Å². The van der Waals surface area contributed by atoms with E-state index in [4.69, 9.17) is 14.2 Å². The summed E-state index contributed by atoms with van der Waals surface area (Å²) in [5, 5.41) is 10.6. The average molecular weight is 712 g/mol. The number of hydrogen-bond acceptors (Lipinski definition) is 6. The molecule has 0 N–H and O–H groups in total. The van der Waals surface area contributed by atoms with Crippen LogP contribution in [0, 0.1) is 17.2 Å². The molecule has 1 heterocycles. The van der Waals surface area contributed by atoms with Gasteiger partial charge in [0.2, 0.25) is 5.91 Å². The van der Waals surface area contributed by atoms with Crippen LogP contribution in [0.2, 0.25) is 0 Å². The van der Waals surface area contributed by atoms with E-state index >= 15 is 0 Å². The van der Waals surface area contributed by atoms with Crippen molar-refractivity contribution in [3.63, 3.8) is 0 Å². The molecule has 0 fully saturated rings. The first-order valence-corrected chi connectivity index (χ1v) is 18.4. The fraction of sp³-hybridized carbons (Fsp3) is 0.356. The predicted molar refractivity (Wildman–Crippen MR) is 207 cm³/mol. The molecule has 0 aliphatic heterocycles. The Balaban J connectivity index is 1.28. The zero-order valence-electron chi connectivity index (χ0n) is 31.6. The van der Waals surface area contributed by atoms with Crippen LogP contribution < -0.4 is 4.74 Å². The summed E-state index contributed by atoms with van der Waals surface area (Å²) in [4.78, 5) is 30.5. The highest BCUT2D eigenvalue weighted by atomic mass is 16.5. The normalized spacial score (nSPS) is 13.5. The average Bonchev–Trinajstić information content (AvgIpc) is 3.64. The minimum absolute atomic E-state index is 0.0801. The first-order valence-electron chi connectivity index (χ1n) is 18.4. The molecule has 274 valence electrons. The fourth-order valence-electron chi connectivity index (χ4n) is 7.57. The molecule has 2 atom stereocenters. The van der Waals surface area contributed by atoms with Crippen molar-refractivity contribution in [2.24, 2.45) is 13.0 Å². The molecule has 8 heteroatoms. The molecule has 1 amide bonds. The van der Waals surface area contributed by atoms with Crippen LogP contribution in [0.15, 0.2) is 97.2 Å². The number of hydrogen-bond donors (Lipinski definition) is 0. The maximum absolute atomic E-state index is 14.8. The van der Waals surface area contributed by atoms with Crippen LogP contribution in [0.5, 0.6) is 5.75 Å². The molecular weight excluding hydrogens is 663 g/mol. The first kappa shape index (κ1) is 37.4. The van der Waals surface area contributed by atoms with Crippen molar-refractivity contribution in [3.8, 4) is 22.9 Å². The van der Waals surface area contributed by atoms with Gasteiger partial charge in [0.25, 0.3) is 0 Å². The predicted octanol–water partition coefficient (Wildman–Crippen LogP) is 8.59. The van der Waals surface area contributed by atoms with Crippen molar-refractivity contribution in [1.29, 1.82) is 5.26 Å². The lowest BCUT2D eigenvalue weighted by Crippen LogP contribution is -2.42. The van der Waals surface area contributed by atoms with Crippen LogP contribution in [0.25, 0.3) is 22.0 Å². The lowest BCUT2D eigenvalue weighted by molar-refractivity contribution is -0.150. The number of amides is 1. The van der Waals surface area contributed by atoms with E-state index < -0.39 is 11.9 Å². The molecule has 0 saturated carbocycles. The van der Waals surface area contributed by atoms with Gasteiger partial charge < -0.3 is 23.7 Å².